The molecule has 1 aliphatic rings. The minimum absolute atomic E-state index is 0.406. The summed E-state index contributed by atoms with van der Waals surface area (Å²) in [6.45, 7) is 0.615. The molecule has 0 amide bonds. The monoisotopic (exact) mass is 161 g/mol. The van der Waals surface area contributed by atoms with Crippen LogP contribution in [-0.2, 0) is 0 Å². The Morgan fingerprint density at radius 1 is 1.25 bits per heavy atom. The number of benzene rings is 1. The number of hydroxylamine groups is 1. The molecule has 1 aromatic rings. The van der Waals surface area contributed by atoms with Crippen molar-refractivity contribution in [3.8, 4) is 0 Å². The highest BCUT2D eigenvalue weighted by Gasteiger charge is 2.20. The molecule has 0 saturated carbocycles. The van der Waals surface area contributed by atoms with E-state index in [0.29, 0.717) is 12.5 Å². The fourth-order valence-corrected chi connectivity index (χ4v) is 1.58. The highest BCUT2D eigenvalue weighted by atomic mass is 16.5. The third-order valence-corrected chi connectivity index (χ3v) is 2.26. The summed E-state index contributed by atoms with van der Waals surface area (Å²) in [5, 5.41) is 10.9. The van der Waals surface area contributed by atoms with Crippen molar-refractivity contribution in [2.75, 3.05) is 6.54 Å². The average molecular weight is 161 g/mol. The van der Waals surface area contributed by atoms with Gasteiger partial charge < -0.3 is 5.21 Å². The standard InChI is InChI=1S/C10H11NO/c12-11-7-6-10(8-11)9-4-2-1-3-5-9/h1-5,7,10H,6,8H2. The third kappa shape index (κ3) is 1.33. The molecule has 12 heavy (non-hydrogen) atoms. The van der Waals surface area contributed by atoms with Crippen molar-refractivity contribution in [2.45, 2.75) is 12.3 Å². The smallest absolute Gasteiger partial charge is 0.160 e. The number of nitrogens with zero attached hydrogens (tertiary/aromatic N) is 1. The van der Waals surface area contributed by atoms with Gasteiger partial charge in [-0.15, -0.1) is 0 Å². The lowest BCUT2D eigenvalue weighted by Crippen LogP contribution is -2.04. The normalized spacial score (nSPS) is 22.3. The average Bonchev–Trinajstić information content (AvgIpc) is 2.54. The molecule has 0 bridgehead atoms. The van der Waals surface area contributed by atoms with Crippen molar-refractivity contribution in [1.82, 2.24) is 0 Å². The Bertz CT molecular complexity index is 292. The van der Waals surface area contributed by atoms with Gasteiger partial charge >= 0.3 is 0 Å². The molecule has 0 spiro atoms. The second-order valence-corrected chi connectivity index (χ2v) is 3.13. The number of hydrogen-bond acceptors (Lipinski definition) is 1. The molecule has 0 aliphatic carbocycles. The molecule has 1 atom stereocenters. The first-order chi connectivity index (χ1) is 5.86. The van der Waals surface area contributed by atoms with E-state index in [9.17, 15) is 5.21 Å². The van der Waals surface area contributed by atoms with E-state index in [1.165, 1.54) is 5.56 Å². The van der Waals surface area contributed by atoms with E-state index in [0.717, 1.165) is 11.2 Å². The molecule has 0 saturated heterocycles. The van der Waals surface area contributed by atoms with Gasteiger partial charge in [0.2, 0.25) is 0 Å². The fraction of sp³-hybridized carbons (Fsp3) is 0.300. The van der Waals surface area contributed by atoms with Crippen LogP contribution in [0.15, 0.2) is 30.3 Å². The summed E-state index contributed by atoms with van der Waals surface area (Å²) in [6.07, 6.45) is 2.60. The van der Waals surface area contributed by atoms with Crippen LogP contribution in [0, 0.1) is 5.21 Å². The summed E-state index contributed by atoms with van der Waals surface area (Å²) in [7, 11) is 0. The molecule has 0 radical (unpaired) electrons. The van der Waals surface area contributed by atoms with Gasteiger partial charge in [-0.05, 0) is 5.56 Å². The van der Waals surface area contributed by atoms with E-state index < -0.39 is 0 Å². The third-order valence-electron chi connectivity index (χ3n) is 2.26. The van der Waals surface area contributed by atoms with Gasteiger partial charge in [0, 0.05) is 6.42 Å². The van der Waals surface area contributed by atoms with Gasteiger partial charge in [0.15, 0.2) is 12.8 Å². The maximum Gasteiger partial charge on any atom is 0.160 e. The van der Waals surface area contributed by atoms with Gasteiger partial charge in [0.25, 0.3) is 0 Å². The zero-order valence-corrected chi connectivity index (χ0v) is 6.81. The van der Waals surface area contributed by atoms with Gasteiger partial charge in [-0.25, -0.2) is 4.74 Å². The Balaban J connectivity index is 2.14. The highest BCUT2D eigenvalue weighted by molar-refractivity contribution is 5.55. The Morgan fingerprint density at radius 3 is 2.58 bits per heavy atom. The SMILES string of the molecule is [O-][N+]1=CCC(c2ccccc2)C1. The molecule has 0 N–H and O–H groups in total. The Morgan fingerprint density at radius 2 is 2.00 bits per heavy atom. The first kappa shape index (κ1) is 7.35. The first-order valence-electron chi connectivity index (χ1n) is 4.18. The minimum atomic E-state index is 0.406. The topological polar surface area (TPSA) is 26.1 Å². The van der Waals surface area contributed by atoms with Crippen LogP contribution < -0.4 is 0 Å². The summed E-state index contributed by atoms with van der Waals surface area (Å²) >= 11 is 0. The molecule has 1 unspecified atom stereocenters. The van der Waals surface area contributed by atoms with Gasteiger partial charge in [-0.3, -0.25) is 0 Å². The molecule has 2 heteroatoms. The molecular weight excluding hydrogens is 150 g/mol. The van der Waals surface area contributed by atoms with E-state index in [1.807, 2.05) is 18.2 Å². The summed E-state index contributed by atoms with van der Waals surface area (Å²) in [6, 6.07) is 10.2. The number of rotatable bonds is 1. The van der Waals surface area contributed by atoms with Crippen LogP contribution in [-0.4, -0.2) is 17.5 Å². The van der Waals surface area contributed by atoms with Crippen molar-refractivity contribution in [3.05, 3.63) is 41.1 Å². The van der Waals surface area contributed by atoms with Crippen molar-refractivity contribution in [3.63, 3.8) is 0 Å². The zero-order chi connectivity index (χ0) is 8.39. The Kier molecular flexibility index (Phi) is 1.82. The van der Waals surface area contributed by atoms with Crippen molar-refractivity contribution in [1.29, 1.82) is 0 Å². The van der Waals surface area contributed by atoms with Crippen molar-refractivity contribution >= 4 is 6.21 Å². The van der Waals surface area contributed by atoms with Crippen molar-refractivity contribution in [2.24, 2.45) is 0 Å². The van der Waals surface area contributed by atoms with Crippen LogP contribution in [0.25, 0.3) is 0 Å². The van der Waals surface area contributed by atoms with Crippen LogP contribution in [0.1, 0.15) is 17.9 Å². The molecule has 0 aromatic heterocycles. The molecule has 1 aromatic carbocycles. The molecule has 2 nitrogen and oxygen atoms in total. The van der Waals surface area contributed by atoms with Crippen LogP contribution in [0.5, 0.6) is 0 Å². The summed E-state index contributed by atoms with van der Waals surface area (Å²) in [5.74, 6) is 0.406. The quantitative estimate of drug-likeness (QED) is 0.455. The van der Waals surface area contributed by atoms with Gasteiger partial charge in [0.1, 0.15) is 0 Å². The molecule has 1 aliphatic heterocycles. The minimum Gasteiger partial charge on any atom is -0.624 e. The number of hydrogen-bond donors (Lipinski definition) is 0. The van der Waals surface area contributed by atoms with Gasteiger partial charge in [-0.1, -0.05) is 30.3 Å². The molecular formula is C10H11NO. The fourth-order valence-electron chi connectivity index (χ4n) is 1.58. The van der Waals surface area contributed by atoms with E-state index >= 15 is 0 Å². The van der Waals surface area contributed by atoms with Crippen LogP contribution in [0.2, 0.25) is 0 Å². The van der Waals surface area contributed by atoms with E-state index in [-0.39, 0.29) is 0 Å². The van der Waals surface area contributed by atoms with Gasteiger partial charge in [0.05, 0.1) is 5.92 Å². The maximum atomic E-state index is 10.9. The summed E-state index contributed by atoms with van der Waals surface area (Å²) in [4.78, 5) is 0. The summed E-state index contributed by atoms with van der Waals surface area (Å²) in [5.41, 5.74) is 1.27. The predicted molar refractivity (Wildman–Crippen MR) is 48.4 cm³/mol. The lowest BCUT2D eigenvalue weighted by molar-refractivity contribution is -0.446. The predicted octanol–water partition coefficient (Wildman–Crippen LogP) is 1.75. The van der Waals surface area contributed by atoms with Gasteiger partial charge in [-0.2, -0.15) is 0 Å². The lowest BCUT2D eigenvalue weighted by Gasteiger charge is -2.06. The molecule has 62 valence electrons. The van der Waals surface area contributed by atoms with Crippen LogP contribution in [0.4, 0.5) is 0 Å². The molecule has 1 heterocycles. The van der Waals surface area contributed by atoms with Crippen molar-refractivity contribution < 1.29 is 4.74 Å². The highest BCUT2D eigenvalue weighted by Crippen LogP contribution is 2.21. The molecule has 0 fully saturated rings. The molecule has 2 rings (SSSR count). The van der Waals surface area contributed by atoms with E-state index in [4.69, 9.17) is 0 Å². The lowest BCUT2D eigenvalue weighted by atomic mass is 9.98. The second kappa shape index (κ2) is 2.97. The van der Waals surface area contributed by atoms with E-state index in [2.05, 4.69) is 12.1 Å². The van der Waals surface area contributed by atoms with E-state index in [1.54, 1.807) is 6.21 Å². The summed E-state index contributed by atoms with van der Waals surface area (Å²) < 4.78 is 1.03. The second-order valence-electron chi connectivity index (χ2n) is 3.13. The first-order valence-corrected chi connectivity index (χ1v) is 4.18. The van der Waals surface area contributed by atoms with Crippen LogP contribution in [0.3, 0.4) is 0 Å². The maximum absolute atomic E-state index is 10.9. The zero-order valence-electron chi connectivity index (χ0n) is 6.81. The Hall–Kier alpha value is -1.31. The van der Waals surface area contributed by atoms with Crippen LogP contribution >= 0.6 is 0 Å². The largest absolute Gasteiger partial charge is 0.624 e. The Labute approximate surface area is 71.7 Å².